The number of alkyl carbamates (subject to hydrolysis) is 1. The molecule has 1 saturated carbocycles. The van der Waals surface area contributed by atoms with Crippen molar-refractivity contribution in [2.75, 3.05) is 6.54 Å². The summed E-state index contributed by atoms with van der Waals surface area (Å²) in [5, 5.41) is 6.80. The number of aromatic amines is 2. The fourth-order valence-electron chi connectivity index (χ4n) is 7.93. The maximum atomic E-state index is 12.9. The number of carbonyl (C=O) groups excluding carboxylic acids is 1. The van der Waals surface area contributed by atoms with Crippen LogP contribution in [0, 0.1) is 0 Å². The Morgan fingerprint density at radius 3 is 2.29 bits per heavy atom. The lowest BCUT2D eigenvalue weighted by molar-refractivity contribution is 0.0412. The van der Waals surface area contributed by atoms with E-state index in [1.807, 2.05) is 20.8 Å². The molecule has 2 fully saturated rings. The highest BCUT2D eigenvalue weighted by atomic mass is 16.6. The van der Waals surface area contributed by atoms with Gasteiger partial charge in [-0.2, -0.15) is 0 Å². The maximum absolute atomic E-state index is 12.9. The molecule has 2 aliphatic carbocycles. The van der Waals surface area contributed by atoms with Gasteiger partial charge in [0.15, 0.2) is 0 Å². The van der Waals surface area contributed by atoms with Gasteiger partial charge in [0.25, 0.3) is 0 Å². The van der Waals surface area contributed by atoms with Crippen molar-refractivity contribution >= 4 is 17.1 Å². The van der Waals surface area contributed by atoms with E-state index in [1.165, 1.54) is 34.4 Å². The van der Waals surface area contributed by atoms with Crippen molar-refractivity contribution in [1.29, 1.82) is 0 Å². The molecular weight excluding hydrogens is 596 g/mol. The molecule has 0 bridgehead atoms. The van der Waals surface area contributed by atoms with E-state index in [0.29, 0.717) is 6.04 Å². The second kappa shape index (κ2) is 12.2. The first-order chi connectivity index (χ1) is 23.2. The van der Waals surface area contributed by atoms with Crippen molar-refractivity contribution in [3.05, 3.63) is 83.6 Å². The Kier molecular flexibility index (Phi) is 7.86. The number of fused-ring (bicyclic) bond motifs is 4. The van der Waals surface area contributed by atoms with Gasteiger partial charge < -0.3 is 25.3 Å². The van der Waals surface area contributed by atoms with E-state index in [4.69, 9.17) is 14.7 Å². The average Bonchev–Trinajstić information content (AvgIpc) is 3.83. The Labute approximate surface area is 282 Å². The van der Waals surface area contributed by atoms with E-state index in [0.717, 1.165) is 104 Å². The number of H-pyrrole nitrogens is 2. The molecule has 1 atom stereocenters. The highest BCUT2D eigenvalue weighted by Gasteiger charge is 2.39. The summed E-state index contributed by atoms with van der Waals surface area (Å²) in [5.74, 6) is 1.91. The van der Waals surface area contributed by atoms with Crippen LogP contribution in [0.4, 0.5) is 4.79 Å². The number of aryl methyl sites for hydroxylation is 2. The van der Waals surface area contributed by atoms with Crippen LogP contribution in [0.5, 0.6) is 0 Å². The molecule has 8 nitrogen and oxygen atoms in total. The lowest BCUT2D eigenvalue weighted by Crippen LogP contribution is -2.49. The van der Waals surface area contributed by atoms with Crippen LogP contribution in [-0.4, -0.2) is 38.2 Å². The number of amides is 1. The molecule has 8 rings (SSSR count). The number of hydrogen-bond acceptors (Lipinski definition) is 5. The van der Waals surface area contributed by atoms with Crippen LogP contribution in [0.25, 0.3) is 44.5 Å². The molecular formula is C40H46N6O2. The Balaban J connectivity index is 1.03. The second-order valence-corrected chi connectivity index (χ2v) is 15.0. The SMILES string of the molecule is CC(C)(C)OC(=O)NC1(c2nc3ccc(-c4ccc(-c5ccc6c(c5)CCCc5[nH]c(C7CCCN7)nc5-6)cc4)cc3[nH]2)CCCCC1. The number of aromatic nitrogens is 4. The zero-order chi connectivity index (χ0) is 32.9. The predicted molar refractivity (Wildman–Crippen MR) is 191 cm³/mol. The zero-order valence-electron chi connectivity index (χ0n) is 28.3. The summed E-state index contributed by atoms with van der Waals surface area (Å²) in [7, 11) is 0. The van der Waals surface area contributed by atoms with E-state index in [-0.39, 0.29) is 0 Å². The van der Waals surface area contributed by atoms with Gasteiger partial charge in [0.2, 0.25) is 0 Å². The van der Waals surface area contributed by atoms with E-state index in [2.05, 4.69) is 81.3 Å². The number of benzene rings is 3. The van der Waals surface area contributed by atoms with Crippen LogP contribution in [0.3, 0.4) is 0 Å². The Morgan fingerprint density at radius 1 is 0.833 bits per heavy atom. The molecule has 0 radical (unpaired) electrons. The van der Waals surface area contributed by atoms with Gasteiger partial charge in [-0.3, -0.25) is 0 Å². The molecule has 248 valence electrons. The van der Waals surface area contributed by atoms with Gasteiger partial charge in [0, 0.05) is 11.3 Å². The predicted octanol–water partition coefficient (Wildman–Crippen LogP) is 8.88. The molecule has 8 heteroatoms. The van der Waals surface area contributed by atoms with Crippen LogP contribution >= 0.6 is 0 Å². The molecule has 4 N–H and O–H groups in total. The molecule has 1 unspecified atom stereocenters. The van der Waals surface area contributed by atoms with Gasteiger partial charge in [-0.25, -0.2) is 14.8 Å². The first-order valence-corrected chi connectivity index (χ1v) is 17.8. The topological polar surface area (TPSA) is 108 Å². The van der Waals surface area contributed by atoms with Crippen molar-refractivity contribution < 1.29 is 9.53 Å². The lowest BCUT2D eigenvalue weighted by Gasteiger charge is -2.36. The molecule has 0 spiro atoms. The van der Waals surface area contributed by atoms with Crippen molar-refractivity contribution in [2.24, 2.45) is 0 Å². The van der Waals surface area contributed by atoms with Gasteiger partial charge in [-0.05, 0) is 112 Å². The molecule has 48 heavy (non-hydrogen) atoms. The first kappa shape index (κ1) is 30.9. The molecule has 1 saturated heterocycles. The summed E-state index contributed by atoms with van der Waals surface area (Å²) >= 11 is 0. The van der Waals surface area contributed by atoms with Gasteiger partial charge in [0.1, 0.15) is 22.8 Å². The number of hydrogen-bond donors (Lipinski definition) is 4. The average molecular weight is 643 g/mol. The second-order valence-electron chi connectivity index (χ2n) is 15.0. The summed E-state index contributed by atoms with van der Waals surface area (Å²) in [4.78, 5) is 30.2. The molecule has 3 aromatic carbocycles. The number of nitrogens with zero attached hydrogens (tertiary/aromatic N) is 2. The fourth-order valence-corrected chi connectivity index (χ4v) is 7.93. The van der Waals surface area contributed by atoms with E-state index in [9.17, 15) is 4.79 Å². The van der Waals surface area contributed by atoms with Crippen LogP contribution < -0.4 is 10.6 Å². The monoisotopic (exact) mass is 642 g/mol. The number of ether oxygens (including phenoxy) is 1. The lowest BCUT2D eigenvalue weighted by atomic mass is 9.81. The summed E-state index contributed by atoms with van der Waals surface area (Å²) in [6.45, 7) is 6.75. The van der Waals surface area contributed by atoms with Crippen molar-refractivity contribution in [3.63, 3.8) is 0 Å². The highest BCUT2D eigenvalue weighted by Crippen LogP contribution is 2.39. The minimum atomic E-state index is -0.557. The standard InChI is InChI=1S/C40H46N6O2/c1-39(2,3)48-38(47)46-40(20-5-4-6-21-40)37-43-31-19-17-28(24-34(31)44-37)26-14-12-25(13-15-26)27-16-18-30-29(23-27)9-7-10-32-35(30)45-36(42-32)33-11-8-22-41-33/h12-19,23-24,33,41H,4-11,20-22H2,1-3H3,(H,42,45)(H,43,44)(H,46,47). The van der Waals surface area contributed by atoms with Crippen molar-refractivity contribution in [1.82, 2.24) is 30.6 Å². The van der Waals surface area contributed by atoms with Crippen molar-refractivity contribution in [2.45, 2.75) is 102 Å². The van der Waals surface area contributed by atoms with Crippen molar-refractivity contribution in [3.8, 4) is 33.5 Å². The van der Waals surface area contributed by atoms with Crippen LogP contribution in [-0.2, 0) is 23.1 Å². The molecule has 3 aliphatic rings. The third kappa shape index (κ3) is 6.02. The van der Waals surface area contributed by atoms with Gasteiger partial charge in [-0.15, -0.1) is 0 Å². The maximum Gasteiger partial charge on any atom is 0.408 e. The molecule has 5 aromatic rings. The van der Waals surface area contributed by atoms with Crippen LogP contribution in [0.15, 0.2) is 60.7 Å². The Bertz CT molecular complexity index is 1950. The third-order valence-electron chi connectivity index (χ3n) is 10.4. The van der Waals surface area contributed by atoms with Gasteiger partial charge >= 0.3 is 6.09 Å². The number of carbonyl (C=O) groups is 1. The van der Waals surface area contributed by atoms with Crippen LogP contribution in [0.1, 0.15) is 101 Å². The molecule has 1 aliphatic heterocycles. The number of nitrogens with one attached hydrogen (secondary N) is 4. The van der Waals surface area contributed by atoms with Crippen LogP contribution in [0.2, 0.25) is 0 Å². The third-order valence-corrected chi connectivity index (χ3v) is 10.4. The van der Waals surface area contributed by atoms with Gasteiger partial charge in [0.05, 0.1) is 22.8 Å². The molecule has 3 heterocycles. The Morgan fingerprint density at radius 2 is 1.56 bits per heavy atom. The van der Waals surface area contributed by atoms with E-state index >= 15 is 0 Å². The normalized spacial score (nSPS) is 19.0. The Hall–Kier alpha value is -4.43. The smallest absolute Gasteiger partial charge is 0.408 e. The van der Waals surface area contributed by atoms with E-state index in [1.54, 1.807) is 0 Å². The first-order valence-electron chi connectivity index (χ1n) is 17.8. The summed E-state index contributed by atoms with van der Waals surface area (Å²) in [6, 6.07) is 22.5. The summed E-state index contributed by atoms with van der Waals surface area (Å²) < 4.78 is 5.65. The highest BCUT2D eigenvalue weighted by molar-refractivity contribution is 5.83. The molecule has 1 amide bonds. The summed E-state index contributed by atoms with van der Waals surface area (Å²) in [6.07, 6.45) is 10.1. The largest absolute Gasteiger partial charge is 0.444 e. The minimum Gasteiger partial charge on any atom is -0.444 e. The number of imidazole rings is 2. The number of rotatable bonds is 5. The van der Waals surface area contributed by atoms with E-state index < -0.39 is 17.2 Å². The summed E-state index contributed by atoms with van der Waals surface area (Å²) in [5.41, 5.74) is 10.6. The minimum absolute atomic E-state index is 0.351. The fraction of sp³-hybridized carbons (Fsp3) is 0.425. The van der Waals surface area contributed by atoms with Gasteiger partial charge in [-0.1, -0.05) is 67.8 Å². The molecule has 2 aromatic heterocycles. The zero-order valence-corrected chi connectivity index (χ0v) is 28.3. The quantitative estimate of drug-likeness (QED) is 0.153.